The second-order valence-corrected chi connectivity index (χ2v) is 9.14. The van der Waals surface area contributed by atoms with E-state index >= 15 is 0 Å². The molecule has 1 aliphatic carbocycles. The highest BCUT2D eigenvalue weighted by Crippen LogP contribution is 2.34. The fraction of sp³-hybridized carbons (Fsp3) is 0.190. The van der Waals surface area contributed by atoms with Crippen LogP contribution in [0.15, 0.2) is 46.2 Å². The van der Waals surface area contributed by atoms with Crippen LogP contribution in [0.1, 0.15) is 39.5 Å². The molecule has 0 fully saturated rings. The number of rotatable bonds is 4. The van der Waals surface area contributed by atoms with Gasteiger partial charge in [0.05, 0.1) is 23.2 Å². The predicted molar refractivity (Wildman–Crippen MR) is 120 cm³/mol. The molecule has 0 saturated carbocycles. The smallest absolute Gasteiger partial charge is 0.272 e. The molecule has 1 amide bonds. The first kappa shape index (κ1) is 18.5. The Morgan fingerprint density at radius 3 is 2.83 bits per heavy atom. The maximum atomic E-state index is 12.2. The van der Waals surface area contributed by atoms with Crippen molar-refractivity contribution in [3.05, 3.63) is 67.9 Å². The summed E-state index contributed by atoms with van der Waals surface area (Å²) in [5.41, 5.74) is 7.25. The Bertz CT molecular complexity index is 1210. The molecule has 1 aromatic carbocycles. The molecular weight excluding hydrogens is 424 g/mol. The number of nitrogens with zero attached hydrogens (tertiary/aromatic N) is 3. The third-order valence-electron chi connectivity index (χ3n) is 5.01. The fourth-order valence-electron chi connectivity index (χ4n) is 3.61. The summed E-state index contributed by atoms with van der Waals surface area (Å²) in [6.07, 6.45) is 6.24. The second-order valence-electron chi connectivity index (χ2n) is 6.86. The molecule has 4 aromatic rings. The number of fused-ring (bicyclic) bond motifs is 3. The van der Waals surface area contributed by atoms with Crippen molar-refractivity contribution in [2.75, 3.05) is 0 Å². The number of hydrogen-bond donors (Lipinski definition) is 1. The molecule has 1 N–H and O–H groups in total. The van der Waals surface area contributed by atoms with Gasteiger partial charge in [-0.25, -0.2) is 10.4 Å². The number of halogens is 1. The average molecular weight is 441 g/mol. The fourth-order valence-corrected chi connectivity index (χ4v) is 5.59. The van der Waals surface area contributed by atoms with Crippen LogP contribution in [0.5, 0.6) is 0 Å². The lowest BCUT2D eigenvalue weighted by atomic mass is 10.0. The zero-order valence-electron chi connectivity index (χ0n) is 15.4. The lowest BCUT2D eigenvalue weighted by Gasteiger charge is -2.11. The number of aryl methyl sites for hydroxylation is 2. The van der Waals surface area contributed by atoms with Crippen LogP contribution in [0.2, 0.25) is 5.02 Å². The average Bonchev–Trinajstić information content (AvgIpc) is 3.45. The summed E-state index contributed by atoms with van der Waals surface area (Å²) >= 11 is 9.29. The third kappa shape index (κ3) is 3.50. The highest BCUT2D eigenvalue weighted by Gasteiger charge is 2.22. The van der Waals surface area contributed by atoms with E-state index in [1.54, 1.807) is 29.0 Å². The van der Waals surface area contributed by atoms with Crippen LogP contribution in [-0.4, -0.2) is 21.5 Å². The monoisotopic (exact) mass is 440 g/mol. The van der Waals surface area contributed by atoms with Crippen LogP contribution in [0, 0.1) is 0 Å². The van der Waals surface area contributed by atoms with Gasteiger partial charge in [0.15, 0.2) is 4.96 Å². The van der Waals surface area contributed by atoms with E-state index in [0.717, 1.165) is 34.8 Å². The van der Waals surface area contributed by atoms with Crippen molar-refractivity contribution >= 4 is 51.4 Å². The van der Waals surface area contributed by atoms with Gasteiger partial charge in [-0.15, -0.1) is 11.3 Å². The van der Waals surface area contributed by atoms with E-state index in [-0.39, 0.29) is 5.91 Å². The van der Waals surface area contributed by atoms with Gasteiger partial charge < -0.3 is 0 Å². The van der Waals surface area contributed by atoms with E-state index in [9.17, 15) is 4.79 Å². The molecule has 0 atom stereocenters. The molecule has 0 aliphatic heterocycles. The van der Waals surface area contributed by atoms with Gasteiger partial charge in [-0.05, 0) is 49.3 Å². The number of carbonyl (C=O) groups excluding carboxylic acids is 1. The number of amides is 1. The zero-order valence-corrected chi connectivity index (χ0v) is 17.8. The number of thiazole rings is 1. The van der Waals surface area contributed by atoms with Crippen molar-refractivity contribution in [3.63, 3.8) is 0 Å². The molecule has 0 spiro atoms. The summed E-state index contributed by atoms with van der Waals surface area (Å²) in [5.74, 6) is -0.219. The van der Waals surface area contributed by atoms with Gasteiger partial charge in [0, 0.05) is 26.5 Å². The van der Waals surface area contributed by atoms with Crippen LogP contribution in [0.25, 0.3) is 16.2 Å². The summed E-state index contributed by atoms with van der Waals surface area (Å²) in [7, 11) is 0. The van der Waals surface area contributed by atoms with E-state index in [1.165, 1.54) is 34.7 Å². The van der Waals surface area contributed by atoms with E-state index < -0.39 is 0 Å². The van der Waals surface area contributed by atoms with Gasteiger partial charge in [0.2, 0.25) is 0 Å². The van der Waals surface area contributed by atoms with Crippen molar-refractivity contribution in [1.29, 1.82) is 0 Å². The topological polar surface area (TPSA) is 58.8 Å². The lowest BCUT2D eigenvalue weighted by Crippen LogP contribution is -2.17. The van der Waals surface area contributed by atoms with E-state index in [4.69, 9.17) is 16.6 Å². The van der Waals surface area contributed by atoms with Crippen LogP contribution in [0.4, 0.5) is 0 Å². The number of hydrazone groups is 1. The van der Waals surface area contributed by atoms with E-state index in [0.29, 0.717) is 10.6 Å². The van der Waals surface area contributed by atoms with E-state index in [2.05, 4.69) is 14.9 Å². The number of thiophene rings is 1. The number of nitrogens with one attached hydrogen (secondary N) is 1. The Morgan fingerprint density at radius 1 is 1.21 bits per heavy atom. The zero-order chi connectivity index (χ0) is 19.8. The Morgan fingerprint density at radius 2 is 2.03 bits per heavy atom. The molecular formula is C21H17ClN4OS2. The lowest BCUT2D eigenvalue weighted by molar-refractivity contribution is 0.0955. The number of aromatic nitrogens is 2. The van der Waals surface area contributed by atoms with Crippen molar-refractivity contribution < 1.29 is 4.79 Å². The van der Waals surface area contributed by atoms with Gasteiger partial charge in [0.1, 0.15) is 0 Å². The van der Waals surface area contributed by atoms with Crippen LogP contribution < -0.4 is 5.43 Å². The number of carbonyl (C=O) groups is 1. The van der Waals surface area contributed by atoms with Crippen LogP contribution >= 0.6 is 34.3 Å². The molecule has 0 bridgehead atoms. The minimum Gasteiger partial charge on any atom is -0.285 e. The van der Waals surface area contributed by atoms with E-state index in [1.807, 2.05) is 29.6 Å². The van der Waals surface area contributed by atoms with Crippen molar-refractivity contribution in [2.24, 2.45) is 5.10 Å². The normalized spacial score (nSPS) is 13.8. The standard InChI is InChI=1S/C21H17ClN4OS2/c22-15-7-5-13(6-8-15)19-17(11-23-25-20(27)14-9-10-28-12-14)26-16-3-1-2-4-18(16)29-21(26)24-19/h5-12H,1-4H2,(H,25,27)/b23-11-. The Hall–Kier alpha value is -2.48. The molecule has 5 nitrogen and oxygen atoms in total. The Labute approximate surface area is 180 Å². The molecule has 0 saturated heterocycles. The van der Waals surface area contributed by atoms with Crippen LogP contribution in [-0.2, 0) is 12.8 Å². The molecule has 0 radical (unpaired) electrons. The largest absolute Gasteiger partial charge is 0.285 e. The second kappa shape index (κ2) is 7.74. The van der Waals surface area contributed by atoms with Crippen LogP contribution in [0.3, 0.4) is 0 Å². The summed E-state index contributed by atoms with van der Waals surface area (Å²) < 4.78 is 2.20. The Balaban J connectivity index is 1.57. The third-order valence-corrected chi connectivity index (χ3v) is 7.09. The first-order valence-electron chi connectivity index (χ1n) is 9.35. The SMILES string of the molecule is O=C(N/N=C\c1c(-c2ccc(Cl)cc2)nc2sc3c(n12)CCCC3)c1ccsc1. The molecule has 8 heteroatoms. The van der Waals surface area contributed by atoms with Crippen molar-refractivity contribution in [2.45, 2.75) is 25.7 Å². The van der Waals surface area contributed by atoms with Gasteiger partial charge in [-0.2, -0.15) is 16.4 Å². The predicted octanol–water partition coefficient (Wildman–Crippen LogP) is 5.42. The minimum absolute atomic E-state index is 0.219. The molecule has 3 heterocycles. The van der Waals surface area contributed by atoms with Gasteiger partial charge >= 0.3 is 0 Å². The molecule has 0 unspecified atom stereocenters. The number of hydrogen-bond acceptors (Lipinski definition) is 5. The quantitative estimate of drug-likeness (QED) is 0.340. The summed E-state index contributed by atoms with van der Waals surface area (Å²) in [6.45, 7) is 0. The summed E-state index contributed by atoms with van der Waals surface area (Å²) in [5, 5.41) is 8.61. The molecule has 5 rings (SSSR count). The highest BCUT2D eigenvalue weighted by atomic mass is 35.5. The molecule has 3 aromatic heterocycles. The molecule has 1 aliphatic rings. The summed E-state index contributed by atoms with van der Waals surface area (Å²) in [6, 6.07) is 9.42. The van der Waals surface area contributed by atoms with Crippen molar-refractivity contribution in [3.8, 4) is 11.3 Å². The first-order chi connectivity index (χ1) is 14.2. The highest BCUT2D eigenvalue weighted by molar-refractivity contribution is 7.17. The van der Waals surface area contributed by atoms with Gasteiger partial charge in [-0.3, -0.25) is 9.20 Å². The molecule has 29 heavy (non-hydrogen) atoms. The summed E-state index contributed by atoms with van der Waals surface area (Å²) in [4.78, 5) is 19.5. The maximum absolute atomic E-state index is 12.2. The first-order valence-corrected chi connectivity index (χ1v) is 11.5. The maximum Gasteiger partial charge on any atom is 0.272 e. The number of benzene rings is 1. The molecule has 146 valence electrons. The Kier molecular flexibility index (Phi) is 4.95. The van der Waals surface area contributed by atoms with Crippen molar-refractivity contribution in [1.82, 2.24) is 14.8 Å². The minimum atomic E-state index is -0.219. The number of imidazole rings is 1. The van der Waals surface area contributed by atoms with Gasteiger partial charge in [-0.1, -0.05) is 23.7 Å². The van der Waals surface area contributed by atoms with Gasteiger partial charge in [0.25, 0.3) is 5.91 Å².